The molecule has 0 saturated heterocycles. The third kappa shape index (κ3) is 5.52. The molecular weight excluding hydrogens is 404 g/mol. The fraction of sp³-hybridized carbons (Fsp3) is 1.00. The van der Waals surface area contributed by atoms with Crippen molar-refractivity contribution in [1.29, 1.82) is 0 Å². The van der Waals surface area contributed by atoms with Crippen molar-refractivity contribution in [3.05, 3.63) is 0 Å². The minimum absolute atomic E-state index is 0.0655. The van der Waals surface area contributed by atoms with Crippen LogP contribution in [0.4, 0.5) is 0 Å². The Bertz CT molecular complexity index is 596. The van der Waals surface area contributed by atoms with Crippen molar-refractivity contribution in [3.63, 3.8) is 0 Å². The topological polar surface area (TPSA) is 29.5 Å². The van der Waals surface area contributed by atoms with Crippen molar-refractivity contribution in [2.24, 2.45) is 53.3 Å². The summed E-state index contributed by atoms with van der Waals surface area (Å²) in [5, 5.41) is 11.4. The highest BCUT2D eigenvalue weighted by Crippen LogP contribution is 2.55. The molecule has 1 N–H and O–H groups in total. The van der Waals surface area contributed by atoms with E-state index in [2.05, 4.69) is 13.8 Å². The maximum absolute atomic E-state index is 11.4. The van der Waals surface area contributed by atoms with Gasteiger partial charge in [0.25, 0.3) is 0 Å². The van der Waals surface area contributed by atoms with E-state index in [0.29, 0.717) is 17.9 Å². The molecule has 190 valence electrons. The molecule has 0 amide bonds. The largest absolute Gasteiger partial charge is 0.393 e. The fourth-order valence-electron chi connectivity index (χ4n) is 9.68. The Hall–Kier alpha value is -0.0800. The first kappa shape index (κ1) is 24.6. The average molecular weight is 459 g/mol. The van der Waals surface area contributed by atoms with E-state index < -0.39 is 0 Å². The van der Waals surface area contributed by atoms with Crippen LogP contribution in [0.15, 0.2) is 0 Å². The van der Waals surface area contributed by atoms with Crippen molar-refractivity contribution in [1.82, 2.24) is 0 Å². The molecule has 0 aromatic heterocycles. The molecule has 0 heterocycles. The summed E-state index contributed by atoms with van der Waals surface area (Å²) >= 11 is 0. The molecule has 5 aliphatic carbocycles. The summed E-state index contributed by atoms with van der Waals surface area (Å²) < 4.78 is 6.90. The van der Waals surface area contributed by atoms with Crippen LogP contribution in [0.2, 0.25) is 0 Å². The van der Waals surface area contributed by atoms with Gasteiger partial charge in [0.2, 0.25) is 0 Å². The standard InChI is InChI=1S/C31H54O2/c1-21-11-13-23(14-12-21)22(2)19-20-33-29-18-16-25-8-4-6-10-27(25)31(29)30-26-9-5-3-7-24(26)15-17-28(30)32/h21-32H,3-20H2,1-2H3. The molecule has 5 rings (SSSR count). The summed E-state index contributed by atoms with van der Waals surface area (Å²) in [6, 6.07) is 0. The van der Waals surface area contributed by atoms with Gasteiger partial charge in [-0.25, -0.2) is 0 Å². The number of aliphatic hydroxyl groups is 1. The highest BCUT2D eigenvalue weighted by atomic mass is 16.5. The van der Waals surface area contributed by atoms with Crippen LogP contribution in [-0.4, -0.2) is 23.9 Å². The zero-order valence-corrected chi connectivity index (χ0v) is 21.9. The lowest BCUT2D eigenvalue weighted by molar-refractivity contribution is -0.142. The van der Waals surface area contributed by atoms with Gasteiger partial charge in [0.1, 0.15) is 0 Å². The zero-order chi connectivity index (χ0) is 22.8. The number of aliphatic hydroxyl groups excluding tert-OH is 1. The number of hydrogen-bond donors (Lipinski definition) is 1. The molecule has 9 unspecified atom stereocenters. The van der Waals surface area contributed by atoms with Gasteiger partial charge in [-0.15, -0.1) is 0 Å². The first-order valence-electron chi connectivity index (χ1n) is 15.4. The highest BCUT2D eigenvalue weighted by Gasteiger charge is 2.51. The van der Waals surface area contributed by atoms with Crippen LogP contribution in [0.25, 0.3) is 0 Å². The second-order valence-electron chi connectivity index (χ2n) is 13.5. The fourth-order valence-corrected chi connectivity index (χ4v) is 9.68. The smallest absolute Gasteiger partial charge is 0.0609 e. The molecule has 0 aromatic rings. The Morgan fingerprint density at radius 2 is 1.30 bits per heavy atom. The lowest BCUT2D eigenvalue weighted by atomic mass is 9.53. The minimum atomic E-state index is -0.0655. The summed E-state index contributed by atoms with van der Waals surface area (Å²) in [5.74, 6) is 7.27. The van der Waals surface area contributed by atoms with Crippen LogP contribution in [-0.2, 0) is 4.74 Å². The predicted octanol–water partition coefficient (Wildman–Crippen LogP) is 8.02. The first-order valence-corrected chi connectivity index (χ1v) is 15.4. The third-order valence-electron chi connectivity index (χ3n) is 11.7. The quantitative estimate of drug-likeness (QED) is 0.436. The Labute approximate surface area is 205 Å². The van der Waals surface area contributed by atoms with Crippen LogP contribution in [0.3, 0.4) is 0 Å². The van der Waals surface area contributed by atoms with Gasteiger partial charge in [-0.3, -0.25) is 0 Å². The molecule has 5 saturated carbocycles. The van der Waals surface area contributed by atoms with E-state index in [-0.39, 0.29) is 6.10 Å². The van der Waals surface area contributed by atoms with E-state index >= 15 is 0 Å². The van der Waals surface area contributed by atoms with E-state index in [9.17, 15) is 5.11 Å². The number of fused-ring (bicyclic) bond motifs is 2. The second kappa shape index (κ2) is 11.3. The van der Waals surface area contributed by atoms with E-state index in [1.807, 2.05) is 0 Å². The van der Waals surface area contributed by atoms with Crippen LogP contribution in [0.1, 0.15) is 123 Å². The number of hydrogen-bond acceptors (Lipinski definition) is 2. The monoisotopic (exact) mass is 458 g/mol. The van der Waals surface area contributed by atoms with Crippen LogP contribution < -0.4 is 0 Å². The summed E-state index contributed by atoms with van der Waals surface area (Å²) in [4.78, 5) is 0. The second-order valence-corrected chi connectivity index (χ2v) is 13.5. The molecule has 0 spiro atoms. The zero-order valence-electron chi connectivity index (χ0n) is 21.9. The van der Waals surface area contributed by atoms with Crippen molar-refractivity contribution < 1.29 is 9.84 Å². The van der Waals surface area contributed by atoms with E-state index in [1.165, 1.54) is 103 Å². The van der Waals surface area contributed by atoms with Gasteiger partial charge in [0.05, 0.1) is 12.2 Å². The van der Waals surface area contributed by atoms with Gasteiger partial charge in [-0.1, -0.05) is 65.2 Å². The summed E-state index contributed by atoms with van der Waals surface area (Å²) in [7, 11) is 0. The molecule has 5 fully saturated rings. The normalized spacial score (nSPS) is 47.4. The van der Waals surface area contributed by atoms with Gasteiger partial charge in [-0.05, 0) is 111 Å². The summed E-state index contributed by atoms with van der Waals surface area (Å²) in [5.41, 5.74) is 0. The van der Waals surface area contributed by atoms with Gasteiger partial charge >= 0.3 is 0 Å². The lowest BCUT2D eigenvalue weighted by Crippen LogP contribution is -2.53. The predicted molar refractivity (Wildman–Crippen MR) is 137 cm³/mol. The van der Waals surface area contributed by atoms with Gasteiger partial charge < -0.3 is 9.84 Å². The van der Waals surface area contributed by atoms with E-state index in [1.54, 1.807) is 0 Å². The molecule has 9 atom stereocenters. The van der Waals surface area contributed by atoms with Crippen LogP contribution in [0.5, 0.6) is 0 Å². The molecule has 33 heavy (non-hydrogen) atoms. The molecule has 0 aromatic carbocycles. The van der Waals surface area contributed by atoms with Crippen molar-refractivity contribution in [3.8, 4) is 0 Å². The third-order valence-corrected chi connectivity index (χ3v) is 11.7. The number of ether oxygens (including phenoxy) is 1. The number of rotatable bonds is 6. The minimum Gasteiger partial charge on any atom is -0.393 e. The maximum Gasteiger partial charge on any atom is 0.0609 e. The van der Waals surface area contributed by atoms with Gasteiger partial charge in [-0.2, -0.15) is 0 Å². The maximum atomic E-state index is 11.4. The van der Waals surface area contributed by atoms with Crippen molar-refractivity contribution in [2.75, 3.05) is 6.61 Å². The SMILES string of the molecule is CC1CCC(C(C)CCOC2CCC3CCCCC3C2C2C(O)CCC3CCCCC32)CC1. The average Bonchev–Trinajstić information content (AvgIpc) is 2.84. The Morgan fingerprint density at radius 3 is 2.00 bits per heavy atom. The highest BCUT2D eigenvalue weighted by molar-refractivity contribution is 5.00. The molecule has 0 bridgehead atoms. The Kier molecular flexibility index (Phi) is 8.44. The first-order chi connectivity index (χ1) is 16.1. The van der Waals surface area contributed by atoms with Gasteiger partial charge in [0, 0.05) is 6.61 Å². The Balaban J connectivity index is 1.26. The molecule has 2 nitrogen and oxygen atoms in total. The summed E-state index contributed by atoms with van der Waals surface area (Å²) in [6.45, 7) is 5.89. The van der Waals surface area contributed by atoms with Crippen molar-refractivity contribution in [2.45, 2.75) is 135 Å². The van der Waals surface area contributed by atoms with E-state index in [0.717, 1.165) is 54.5 Å². The van der Waals surface area contributed by atoms with Crippen molar-refractivity contribution >= 4 is 0 Å². The molecule has 0 aliphatic heterocycles. The molecule has 0 radical (unpaired) electrons. The van der Waals surface area contributed by atoms with E-state index in [4.69, 9.17) is 4.74 Å². The lowest BCUT2D eigenvalue weighted by Gasteiger charge is -2.55. The summed E-state index contributed by atoms with van der Waals surface area (Å²) in [6.07, 6.45) is 23.7. The molecular formula is C31H54O2. The van der Waals surface area contributed by atoms with Crippen LogP contribution in [0, 0.1) is 53.3 Å². The van der Waals surface area contributed by atoms with Crippen LogP contribution >= 0.6 is 0 Å². The van der Waals surface area contributed by atoms with Gasteiger partial charge in [0.15, 0.2) is 0 Å². The molecule has 2 heteroatoms. The molecule has 5 aliphatic rings. The Morgan fingerprint density at radius 1 is 0.697 bits per heavy atom.